The highest BCUT2D eigenvalue weighted by Gasteiger charge is 2.16. The Bertz CT molecular complexity index is 851. The fourth-order valence-corrected chi connectivity index (χ4v) is 4.07. The molecule has 5 nitrogen and oxygen atoms in total. The quantitative estimate of drug-likeness (QED) is 0.649. The van der Waals surface area contributed by atoms with Crippen molar-refractivity contribution in [3.8, 4) is 11.4 Å². The van der Waals surface area contributed by atoms with Crippen LogP contribution in [0.5, 0.6) is 0 Å². The van der Waals surface area contributed by atoms with Crippen molar-refractivity contribution in [2.75, 3.05) is 18.1 Å². The van der Waals surface area contributed by atoms with Gasteiger partial charge in [-0.25, -0.2) is 4.98 Å². The van der Waals surface area contributed by atoms with Crippen LogP contribution in [0.1, 0.15) is 12.0 Å². The van der Waals surface area contributed by atoms with Crippen LogP contribution in [0.2, 0.25) is 0 Å². The van der Waals surface area contributed by atoms with Crippen molar-refractivity contribution in [2.45, 2.75) is 19.0 Å². The first-order chi connectivity index (χ1) is 12.8. The summed E-state index contributed by atoms with van der Waals surface area (Å²) in [5.74, 6) is 3.11. The third-order valence-electron chi connectivity index (χ3n) is 4.54. The number of carbonyl (C=O) groups excluding carboxylic acids is 1. The van der Waals surface area contributed by atoms with Gasteiger partial charge in [-0.15, -0.1) is 0 Å². The number of benzene rings is 2. The van der Waals surface area contributed by atoms with Crippen LogP contribution < -0.4 is 10.6 Å². The van der Waals surface area contributed by atoms with Gasteiger partial charge in [-0.1, -0.05) is 36.4 Å². The summed E-state index contributed by atoms with van der Waals surface area (Å²) in [6.07, 6.45) is 0.546. The lowest BCUT2D eigenvalue weighted by Crippen LogP contribution is -2.41. The maximum atomic E-state index is 12.1. The van der Waals surface area contributed by atoms with Crippen LogP contribution in [0, 0.1) is 0 Å². The Morgan fingerprint density at radius 2 is 2.04 bits per heavy atom. The SMILES string of the molecule is O=C(CC1CSCCN1)NCc1ccc(-c2nc3ccccc3[nH]2)cc1. The fraction of sp³-hybridized carbons (Fsp3) is 0.300. The predicted molar refractivity (Wildman–Crippen MR) is 107 cm³/mol. The molecule has 1 aromatic heterocycles. The molecule has 1 saturated heterocycles. The Morgan fingerprint density at radius 1 is 1.19 bits per heavy atom. The number of rotatable bonds is 5. The van der Waals surface area contributed by atoms with E-state index in [1.165, 1.54) is 0 Å². The van der Waals surface area contributed by atoms with Gasteiger partial charge in [0.1, 0.15) is 5.82 Å². The van der Waals surface area contributed by atoms with Gasteiger partial charge in [-0.05, 0) is 17.7 Å². The topological polar surface area (TPSA) is 69.8 Å². The molecule has 1 aliphatic rings. The number of hydrogen-bond acceptors (Lipinski definition) is 4. The Morgan fingerprint density at radius 3 is 2.81 bits per heavy atom. The van der Waals surface area contributed by atoms with E-state index in [2.05, 4.69) is 20.6 Å². The number of para-hydroxylation sites is 2. The largest absolute Gasteiger partial charge is 0.352 e. The van der Waals surface area contributed by atoms with Gasteiger partial charge in [0.2, 0.25) is 5.91 Å². The summed E-state index contributed by atoms with van der Waals surface area (Å²) in [7, 11) is 0. The van der Waals surface area contributed by atoms with E-state index >= 15 is 0 Å². The highest BCUT2D eigenvalue weighted by Crippen LogP contribution is 2.20. The summed E-state index contributed by atoms with van der Waals surface area (Å²) in [4.78, 5) is 20.1. The average Bonchev–Trinajstić information content (AvgIpc) is 3.12. The molecule has 3 N–H and O–H groups in total. The molecule has 4 rings (SSSR count). The van der Waals surface area contributed by atoms with Crippen LogP contribution in [-0.2, 0) is 11.3 Å². The molecule has 2 heterocycles. The lowest BCUT2D eigenvalue weighted by atomic mass is 10.1. The second-order valence-electron chi connectivity index (χ2n) is 6.51. The molecule has 1 atom stereocenters. The van der Waals surface area contributed by atoms with Gasteiger partial charge in [0.05, 0.1) is 11.0 Å². The first-order valence-electron chi connectivity index (χ1n) is 8.90. The van der Waals surface area contributed by atoms with Crippen molar-refractivity contribution in [2.24, 2.45) is 0 Å². The van der Waals surface area contributed by atoms with Crippen LogP contribution in [0.3, 0.4) is 0 Å². The summed E-state index contributed by atoms with van der Waals surface area (Å²) in [6, 6.07) is 16.5. The van der Waals surface area contributed by atoms with Gasteiger partial charge >= 0.3 is 0 Å². The molecule has 2 aromatic carbocycles. The third kappa shape index (κ3) is 4.08. The molecule has 0 radical (unpaired) electrons. The van der Waals surface area contributed by atoms with Crippen molar-refractivity contribution < 1.29 is 4.79 Å². The van der Waals surface area contributed by atoms with Crippen molar-refractivity contribution in [1.29, 1.82) is 0 Å². The fourth-order valence-electron chi connectivity index (χ4n) is 3.12. The van der Waals surface area contributed by atoms with E-state index in [9.17, 15) is 4.79 Å². The monoisotopic (exact) mass is 366 g/mol. The maximum Gasteiger partial charge on any atom is 0.221 e. The molecule has 1 fully saturated rings. The van der Waals surface area contributed by atoms with E-state index in [1.807, 2.05) is 60.3 Å². The Kier molecular flexibility index (Phi) is 5.22. The number of thioether (sulfide) groups is 1. The number of aromatic amines is 1. The van der Waals surface area contributed by atoms with E-state index in [0.29, 0.717) is 19.0 Å². The molecule has 0 aliphatic carbocycles. The van der Waals surface area contributed by atoms with E-state index in [-0.39, 0.29) is 5.91 Å². The zero-order chi connectivity index (χ0) is 17.8. The molecular weight excluding hydrogens is 344 g/mol. The zero-order valence-electron chi connectivity index (χ0n) is 14.5. The zero-order valence-corrected chi connectivity index (χ0v) is 15.3. The van der Waals surface area contributed by atoms with E-state index in [4.69, 9.17) is 0 Å². The lowest BCUT2D eigenvalue weighted by Gasteiger charge is -2.22. The second kappa shape index (κ2) is 7.93. The minimum Gasteiger partial charge on any atom is -0.352 e. The summed E-state index contributed by atoms with van der Waals surface area (Å²) >= 11 is 1.91. The Balaban J connectivity index is 1.34. The van der Waals surface area contributed by atoms with E-state index < -0.39 is 0 Å². The molecule has 1 unspecified atom stereocenters. The number of carbonyl (C=O) groups is 1. The Hall–Kier alpha value is -2.31. The van der Waals surface area contributed by atoms with E-state index in [0.717, 1.165) is 46.0 Å². The van der Waals surface area contributed by atoms with Crippen molar-refractivity contribution in [3.63, 3.8) is 0 Å². The summed E-state index contributed by atoms with van der Waals surface area (Å²) in [5.41, 5.74) is 4.13. The second-order valence-corrected chi connectivity index (χ2v) is 7.66. The first kappa shape index (κ1) is 17.1. The maximum absolute atomic E-state index is 12.1. The standard InChI is InChI=1S/C20H22N4OS/c25-19(11-16-13-26-10-9-21-16)22-12-14-5-7-15(8-6-14)20-23-17-3-1-2-4-18(17)24-20/h1-8,16,21H,9-13H2,(H,22,25)(H,23,24). The van der Waals surface area contributed by atoms with Crippen LogP contribution in [0.4, 0.5) is 0 Å². The smallest absolute Gasteiger partial charge is 0.221 e. The van der Waals surface area contributed by atoms with Gasteiger partial charge in [0.15, 0.2) is 0 Å². The highest BCUT2D eigenvalue weighted by atomic mass is 32.2. The summed E-state index contributed by atoms with van der Waals surface area (Å²) in [6.45, 7) is 1.55. The number of H-pyrrole nitrogens is 1. The lowest BCUT2D eigenvalue weighted by molar-refractivity contribution is -0.121. The molecule has 1 amide bonds. The highest BCUT2D eigenvalue weighted by molar-refractivity contribution is 7.99. The third-order valence-corrected chi connectivity index (χ3v) is 5.67. The average molecular weight is 366 g/mol. The molecular formula is C20H22N4OS. The minimum atomic E-state index is 0.103. The van der Waals surface area contributed by atoms with Crippen molar-refractivity contribution >= 4 is 28.7 Å². The number of aromatic nitrogens is 2. The number of amides is 1. The van der Waals surface area contributed by atoms with Gasteiger partial charge < -0.3 is 15.6 Å². The van der Waals surface area contributed by atoms with Gasteiger partial charge in [0.25, 0.3) is 0 Å². The molecule has 0 spiro atoms. The Labute approximate surface area is 157 Å². The van der Waals surface area contributed by atoms with Crippen LogP contribution in [-0.4, -0.2) is 40.0 Å². The van der Waals surface area contributed by atoms with Crippen molar-refractivity contribution in [3.05, 3.63) is 54.1 Å². The molecule has 6 heteroatoms. The molecule has 1 aliphatic heterocycles. The van der Waals surface area contributed by atoms with E-state index in [1.54, 1.807) is 0 Å². The van der Waals surface area contributed by atoms with Gasteiger partial charge in [-0.2, -0.15) is 11.8 Å². The van der Waals surface area contributed by atoms with Crippen LogP contribution in [0.15, 0.2) is 48.5 Å². The molecule has 3 aromatic rings. The summed E-state index contributed by atoms with van der Waals surface area (Å²) in [5, 5.41) is 6.41. The van der Waals surface area contributed by atoms with Crippen LogP contribution in [0.25, 0.3) is 22.4 Å². The minimum absolute atomic E-state index is 0.103. The first-order valence-corrected chi connectivity index (χ1v) is 10.1. The van der Waals surface area contributed by atoms with Gasteiger partial charge in [-0.3, -0.25) is 4.79 Å². The number of hydrogen-bond donors (Lipinski definition) is 3. The normalized spacial score (nSPS) is 17.3. The van der Waals surface area contributed by atoms with Gasteiger partial charge in [0, 0.05) is 42.6 Å². The van der Waals surface area contributed by atoms with Crippen molar-refractivity contribution in [1.82, 2.24) is 20.6 Å². The molecule has 0 bridgehead atoms. The number of nitrogens with one attached hydrogen (secondary N) is 3. The summed E-state index contributed by atoms with van der Waals surface area (Å²) < 4.78 is 0. The molecule has 134 valence electrons. The number of imidazole rings is 1. The molecule has 26 heavy (non-hydrogen) atoms. The number of nitrogens with zero attached hydrogens (tertiary/aromatic N) is 1. The predicted octanol–water partition coefficient (Wildman–Crippen LogP) is 2.94. The number of fused-ring (bicyclic) bond motifs is 1. The molecule has 0 saturated carbocycles. The van der Waals surface area contributed by atoms with Crippen LogP contribution >= 0.6 is 11.8 Å².